The fraction of sp³-hybridized carbons (Fsp3) is 0.562. The molecule has 1 aromatic carbocycles. The van der Waals surface area contributed by atoms with Gasteiger partial charge in [-0.05, 0) is 56.5 Å². The zero-order valence-electron chi connectivity index (χ0n) is 12.3. The zero-order chi connectivity index (χ0) is 14.5. The number of aryl methyl sites for hydroxylation is 1. The van der Waals surface area contributed by atoms with Crippen molar-refractivity contribution in [1.82, 2.24) is 10.2 Å². The van der Waals surface area contributed by atoms with Crippen molar-refractivity contribution in [3.63, 3.8) is 0 Å². The number of carbonyl (C=O) groups excluding carboxylic acids is 1. The average Bonchev–Trinajstić information content (AvgIpc) is 2.93. The number of nitrogens with zero attached hydrogens (tertiary/aromatic N) is 1. The van der Waals surface area contributed by atoms with Crippen LogP contribution in [0.25, 0.3) is 0 Å². The van der Waals surface area contributed by atoms with Gasteiger partial charge in [-0.3, -0.25) is 4.79 Å². The third-order valence-electron chi connectivity index (χ3n) is 3.79. The predicted molar refractivity (Wildman–Crippen MR) is 83.4 cm³/mol. The number of amides is 1. The lowest BCUT2D eigenvalue weighted by Crippen LogP contribution is -2.41. The Bertz CT molecular complexity index is 470. The summed E-state index contributed by atoms with van der Waals surface area (Å²) in [5.41, 5.74) is 1.69. The van der Waals surface area contributed by atoms with E-state index >= 15 is 0 Å². The molecule has 4 heteroatoms. The summed E-state index contributed by atoms with van der Waals surface area (Å²) in [4.78, 5) is 14.6. The highest BCUT2D eigenvalue weighted by atomic mass is 35.5. The Morgan fingerprint density at radius 1 is 1.50 bits per heavy atom. The summed E-state index contributed by atoms with van der Waals surface area (Å²) in [5, 5.41) is 4.17. The van der Waals surface area contributed by atoms with E-state index < -0.39 is 0 Å². The Morgan fingerprint density at radius 2 is 2.30 bits per heavy atom. The van der Waals surface area contributed by atoms with Crippen molar-refractivity contribution in [3.05, 3.63) is 34.3 Å². The fourth-order valence-electron chi connectivity index (χ4n) is 2.68. The highest BCUT2D eigenvalue weighted by molar-refractivity contribution is 6.31. The lowest BCUT2D eigenvalue weighted by Gasteiger charge is -2.25. The molecule has 1 amide bonds. The van der Waals surface area contributed by atoms with E-state index in [4.69, 9.17) is 11.6 Å². The first-order valence-electron chi connectivity index (χ1n) is 7.40. The van der Waals surface area contributed by atoms with Crippen LogP contribution in [-0.4, -0.2) is 36.5 Å². The van der Waals surface area contributed by atoms with Gasteiger partial charge >= 0.3 is 0 Å². The number of halogens is 1. The molecule has 0 bridgehead atoms. The molecule has 1 aromatic rings. The molecule has 0 aromatic heterocycles. The van der Waals surface area contributed by atoms with Crippen LogP contribution >= 0.6 is 11.6 Å². The molecule has 1 saturated heterocycles. The second-order valence-corrected chi connectivity index (χ2v) is 5.92. The van der Waals surface area contributed by atoms with Gasteiger partial charge in [0.2, 0.25) is 0 Å². The van der Waals surface area contributed by atoms with Crippen LogP contribution in [0.3, 0.4) is 0 Å². The van der Waals surface area contributed by atoms with Crippen LogP contribution < -0.4 is 5.32 Å². The van der Waals surface area contributed by atoms with Gasteiger partial charge in [-0.15, -0.1) is 0 Å². The summed E-state index contributed by atoms with van der Waals surface area (Å²) >= 11 is 6.03. The van der Waals surface area contributed by atoms with E-state index in [9.17, 15) is 4.79 Å². The minimum Gasteiger partial charge on any atom is -0.337 e. The molecule has 2 rings (SSSR count). The molecule has 0 saturated carbocycles. The molecule has 0 radical (unpaired) electrons. The third kappa shape index (κ3) is 3.74. The van der Waals surface area contributed by atoms with Crippen LogP contribution in [0.15, 0.2) is 18.2 Å². The van der Waals surface area contributed by atoms with E-state index in [2.05, 4.69) is 12.2 Å². The molecule has 1 fully saturated rings. The first-order chi connectivity index (χ1) is 9.61. The molecule has 1 unspecified atom stereocenters. The molecule has 110 valence electrons. The quantitative estimate of drug-likeness (QED) is 0.904. The lowest BCUT2D eigenvalue weighted by atomic mass is 10.1. The number of carbonyl (C=O) groups is 1. The van der Waals surface area contributed by atoms with E-state index in [0.717, 1.165) is 43.6 Å². The average molecular weight is 295 g/mol. The molecule has 1 heterocycles. The van der Waals surface area contributed by atoms with E-state index in [-0.39, 0.29) is 5.91 Å². The number of hydrogen-bond acceptors (Lipinski definition) is 2. The number of rotatable bonds is 5. The van der Waals surface area contributed by atoms with Gasteiger partial charge in [0.25, 0.3) is 5.91 Å². The van der Waals surface area contributed by atoms with E-state index in [1.807, 2.05) is 30.0 Å². The molecule has 1 aliphatic rings. The van der Waals surface area contributed by atoms with E-state index in [1.54, 1.807) is 0 Å². The number of benzene rings is 1. The van der Waals surface area contributed by atoms with Crippen LogP contribution in [0.1, 0.15) is 42.1 Å². The Labute approximate surface area is 126 Å². The largest absolute Gasteiger partial charge is 0.337 e. The second kappa shape index (κ2) is 7.09. The standard InChI is InChI=1S/C16H23ClN2O/c1-3-9-19(11-14-5-4-8-18-14)16(20)13-6-7-15(17)12(2)10-13/h6-7,10,14,18H,3-5,8-9,11H2,1-2H3. The highest BCUT2D eigenvalue weighted by Crippen LogP contribution is 2.18. The summed E-state index contributed by atoms with van der Waals surface area (Å²) in [6.45, 7) is 6.71. The Balaban J connectivity index is 2.10. The van der Waals surface area contributed by atoms with Crippen molar-refractivity contribution in [1.29, 1.82) is 0 Å². The molecule has 1 aliphatic heterocycles. The maximum absolute atomic E-state index is 12.6. The van der Waals surface area contributed by atoms with E-state index in [1.165, 1.54) is 6.42 Å². The van der Waals surface area contributed by atoms with Crippen LogP contribution in [0.4, 0.5) is 0 Å². The van der Waals surface area contributed by atoms with Gasteiger partial charge in [-0.2, -0.15) is 0 Å². The topological polar surface area (TPSA) is 32.3 Å². The van der Waals surface area contributed by atoms with Crippen molar-refractivity contribution in [2.75, 3.05) is 19.6 Å². The van der Waals surface area contributed by atoms with Crippen molar-refractivity contribution in [2.45, 2.75) is 39.2 Å². The van der Waals surface area contributed by atoms with Gasteiger partial charge in [-0.25, -0.2) is 0 Å². The summed E-state index contributed by atoms with van der Waals surface area (Å²) in [6, 6.07) is 5.96. The predicted octanol–water partition coefficient (Wildman–Crippen LogP) is 3.25. The van der Waals surface area contributed by atoms with Crippen LogP contribution in [-0.2, 0) is 0 Å². The van der Waals surface area contributed by atoms with Crippen molar-refractivity contribution in [3.8, 4) is 0 Å². The SMILES string of the molecule is CCCN(CC1CCCN1)C(=O)c1ccc(Cl)c(C)c1. The maximum atomic E-state index is 12.6. The van der Waals surface area contributed by atoms with Gasteiger partial charge in [0.1, 0.15) is 0 Å². The Kier molecular flexibility index (Phi) is 5.44. The maximum Gasteiger partial charge on any atom is 0.253 e. The molecule has 3 nitrogen and oxygen atoms in total. The minimum absolute atomic E-state index is 0.111. The van der Waals surface area contributed by atoms with Crippen molar-refractivity contribution in [2.24, 2.45) is 0 Å². The normalized spacial score (nSPS) is 18.2. The molecule has 1 N–H and O–H groups in total. The zero-order valence-corrected chi connectivity index (χ0v) is 13.0. The molecule has 0 aliphatic carbocycles. The van der Waals surface area contributed by atoms with Crippen molar-refractivity contribution < 1.29 is 4.79 Å². The lowest BCUT2D eigenvalue weighted by molar-refractivity contribution is 0.0742. The fourth-order valence-corrected chi connectivity index (χ4v) is 2.80. The molecule has 20 heavy (non-hydrogen) atoms. The smallest absolute Gasteiger partial charge is 0.253 e. The summed E-state index contributed by atoms with van der Waals surface area (Å²) < 4.78 is 0. The van der Waals surface area contributed by atoms with Crippen LogP contribution in [0, 0.1) is 6.92 Å². The number of nitrogens with one attached hydrogen (secondary N) is 1. The van der Waals surface area contributed by atoms with Gasteiger partial charge < -0.3 is 10.2 Å². The summed E-state index contributed by atoms with van der Waals surface area (Å²) in [7, 11) is 0. The number of hydrogen-bond donors (Lipinski definition) is 1. The van der Waals surface area contributed by atoms with Crippen molar-refractivity contribution >= 4 is 17.5 Å². The van der Waals surface area contributed by atoms with Gasteiger partial charge in [0.05, 0.1) is 0 Å². The van der Waals surface area contributed by atoms with E-state index in [0.29, 0.717) is 11.1 Å². The first-order valence-corrected chi connectivity index (χ1v) is 7.78. The molecular formula is C16H23ClN2O. The monoisotopic (exact) mass is 294 g/mol. The third-order valence-corrected chi connectivity index (χ3v) is 4.21. The highest BCUT2D eigenvalue weighted by Gasteiger charge is 2.22. The van der Waals surface area contributed by atoms with Gasteiger partial charge in [0, 0.05) is 29.7 Å². The molecule has 1 atom stereocenters. The molecular weight excluding hydrogens is 272 g/mol. The Morgan fingerprint density at radius 3 is 2.90 bits per heavy atom. The molecule has 0 spiro atoms. The minimum atomic E-state index is 0.111. The van der Waals surface area contributed by atoms with Gasteiger partial charge in [-0.1, -0.05) is 18.5 Å². The first kappa shape index (κ1) is 15.3. The van der Waals surface area contributed by atoms with Crippen LogP contribution in [0.5, 0.6) is 0 Å². The Hall–Kier alpha value is -1.06. The summed E-state index contributed by atoms with van der Waals surface area (Å²) in [5.74, 6) is 0.111. The van der Waals surface area contributed by atoms with Crippen LogP contribution in [0.2, 0.25) is 5.02 Å². The van der Waals surface area contributed by atoms with Gasteiger partial charge in [0.15, 0.2) is 0 Å². The summed E-state index contributed by atoms with van der Waals surface area (Å²) in [6.07, 6.45) is 3.34. The second-order valence-electron chi connectivity index (χ2n) is 5.51.